The number of nitrogens with zero attached hydrogens (tertiary/aromatic N) is 1. The molecule has 1 aliphatic heterocycles. The van der Waals surface area contributed by atoms with Gasteiger partial charge in [0.1, 0.15) is 5.75 Å². The van der Waals surface area contributed by atoms with E-state index in [4.69, 9.17) is 27.9 Å². The average Bonchev–Trinajstić information content (AvgIpc) is 2.99. The largest absolute Gasteiger partial charge is 0.482 e. The molecular weight excluding hydrogens is 363 g/mol. The summed E-state index contributed by atoms with van der Waals surface area (Å²) in [7, 11) is 0. The maximum Gasteiger partial charge on any atom is 0.262 e. The van der Waals surface area contributed by atoms with Crippen LogP contribution in [0.5, 0.6) is 5.75 Å². The van der Waals surface area contributed by atoms with Crippen LogP contribution in [0.15, 0.2) is 36.4 Å². The third-order valence-electron chi connectivity index (χ3n) is 3.90. The summed E-state index contributed by atoms with van der Waals surface area (Å²) >= 11 is 11.9. The van der Waals surface area contributed by atoms with Gasteiger partial charge in [0.15, 0.2) is 6.61 Å². The highest BCUT2D eigenvalue weighted by atomic mass is 35.5. The van der Waals surface area contributed by atoms with Gasteiger partial charge in [-0.2, -0.15) is 0 Å². The molecule has 2 aromatic carbocycles. The number of hydrogen-bond acceptors (Lipinski definition) is 3. The molecular formula is C18H16Cl2N2O3. The van der Waals surface area contributed by atoms with Crippen molar-refractivity contribution in [3.8, 4) is 5.75 Å². The number of carbonyl (C=O) groups excluding carboxylic acids is 2. The van der Waals surface area contributed by atoms with Crippen molar-refractivity contribution in [2.75, 3.05) is 23.4 Å². The number of anilines is 2. The van der Waals surface area contributed by atoms with Gasteiger partial charge in [-0.25, -0.2) is 0 Å². The van der Waals surface area contributed by atoms with Gasteiger partial charge in [0.25, 0.3) is 5.91 Å². The Morgan fingerprint density at radius 2 is 2.00 bits per heavy atom. The molecule has 7 heteroatoms. The standard InChI is InChI=1S/C18H16Cl2N2O3/c1-11(23)22-7-6-12-2-4-14(9-16(12)22)21-18(24)10-25-17-8-13(19)3-5-15(17)20/h2-5,8-9H,6-7,10H2,1H3,(H,21,24). The summed E-state index contributed by atoms with van der Waals surface area (Å²) in [6, 6.07) is 10.3. The highest BCUT2D eigenvalue weighted by molar-refractivity contribution is 6.34. The summed E-state index contributed by atoms with van der Waals surface area (Å²) in [4.78, 5) is 25.5. The fourth-order valence-corrected chi connectivity index (χ4v) is 3.05. The third-order valence-corrected chi connectivity index (χ3v) is 4.44. The fraction of sp³-hybridized carbons (Fsp3) is 0.222. The Morgan fingerprint density at radius 1 is 1.20 bits per heavy atom. The van der Waals surface area contributed by atoms with Crippen LogP contribution in [0.3, 0.4) is 0 Å². The second-order valence-corrected chi connectivity index (χ2v) is 6.52. The van der Waals surface area contributed by atoms with Crippen LogP contribution in [-0.4, -0.2) is 25.0 Å². The van der Waals surface area contributed by atoms with Crippen LogP contribution in [0.1, 0.15) is 12.5 Å². The second kappa shape index (κ2) is 7.33. The summed E-state index contributed by atoms with van der Waals surface area (Å²) in [5.74, 6) is 0.00514. The molecule has 2 aromatic rings. The molecule has 130 valence electrons. The molecule has 25 heavy (non-hydrogen) atoms. The summed E-state index contributed by atoms with van der Waals surface area (Å²) in [6.07, 6.45) is 0.819. The van der Waals surface area contributed by atoms with Crippen molar-refractivity contribution in [1.29, 1.82) is 0 Å². The second-order valence-electron chi connectivity index (χ2n) is 5.68. The zero-order chi connectivity index (χ0) is 18.0. The van der Waals surface area contributed by atoms with Gasteiger partial charge in [-0.1, -0.05) is 29.3 Å². The zero-order valence-electron chi connectivity index (χ0n) is 13.5. The molecule has 0 atom stereocenters. The summed E-state index contributed by atoms with van der Waals surface area (Å²) in [5, 5.41) is 3.61. The van der Waals surface area contributed by atoms with Crippen molar-refractivity contribution in [3.05, 3.63) is 52.0 Å². The lowest BCUT2D eigenvalue weighted by Gasteiger charge is -2.16. The van der Waals surface area contributed by atoms with E-state index in [0.29, 0.717) is 28.0 Å². The van der Waals surface area contributed by atoms with E-state index >= 15 is 0 Å². The molecule has 0 aromatic heterocycles. The van der Waals surface area contributed by atoms with Crippen LogP contribution in [0, 0.1) is 0 Å². The number of ether oxygens (including phenoxy) is 1. The maximum absolute atomic E-state index is 12.1. The smallest absolute Gasteiger partial charge is 0.262 e. The van der Waals surface area contributed by atoms with Gasteiger partial charge in [-0.05, 0) is 36.2 Å². The number of rotatable bonds is 4. The number of halogens is 2. The summed E-state index contributed by atoms with van der Waals surface area (Å²) < 4.78 is 5.41. The van der Waals surface area contributed by atoms with Crippen molar-refractivity contribution in [2.45, 2.75) is 13.3 Å². The van der Waals surface area contributed by atoms with E-state index in [1.807, 2.05) is 12.1 Å². The molecule has 0 radical (unpaired) electrons. The third kappa shape index (κ3) is 4.06. The minimum absolute atomic E-state index is 0.0128. The van der Waals surface area contributed by atoms with Crippen molar-refractivity contribution in [2.24, 2.45) is 0 Å². The lowest BCUT2D eigenvalue weighted by Crippen LogP contribution is -2.26. The van der Waals surface area contributed by atoms with Gasteiger partial charge >= 0.3 is 0 Å². The monoisotopic (exact) mass is 378 g/mol. The highest BCUT2D eigenvalue weighted by Crippen LogP contribution is 2.31. The number of hydrogen-bond donors (Lipinski definition) is 1. The molecule has 0 bridgehead atoms. The number of carbonyl (C=O) groups is 2. The van der Waals surface area contributed by atoms with Crippen LogP contribution < -0.4 is 15.0 Å². The van der Waals surface area contributed by atoms with Crippen molar-refractivity contribution >= 4 is 46.4 Å². The van der Waals surface area contributed by atoms with Gasteiger partial charge in [-0.3, -0.25) is 9.59 Å². The molecule has 0 spiro atoms. The Hall–Kier alpha value is -2.24. The van der Waals surface area contributed by atoms with E-state index in [2.05, 4.69) is 5.32 Å². The van der Waals surface area contributed by atoms with E-state index < -0.39 is 0 Å². The first-order chi connectivity index (χ1) is 11.9. The summed E-state index contributed by atoms with van der Waals surface area (Å²) in [6.45, 7) is 1.99. The van der Waals surface area contributed by atoms with Crippen molar-refractivity contribution < 1.29 is 14.3 Å². The summed E-state index contributed by atoms with van der Waals surface area (Å²) in [5.41, 5.74) is 2.54. The van der Waals surface area contributed by atoms with E-state index in [9.17, 15) is 9.59 Å². The molecule has 2 amide bonds. The van der Waals surface area contributed by atoms with Crippen LogP contribution >= 0.6 is 23.2 Å². The lowest BCUT2D eigenvalue weighted by atomic mass is 10.1. The molecule has 0 aliphatic carbocycles. The first-order valence-corrected chi connectivity index (χ1v) is 8.48. The molecule has 0 saturated heterocycles. The number of amides is 2. The van der Waals surface area contributed by atoms with Crippen LogP contribution in [0.4, 0.5) is 11.4 Å². The Balaban J connectivity index is 1.65. The van der Waals surface area contributed by atoms with E-state index in [1.54, 1.807) is 29.2 Å². The minimum Gasteiger partial charge on any atom is -0.482 e. The van der Waals surface area contributed by atoms with E-state index in [-0.39, 0.29) is 18.4 Å². The van der Waals surface area contributed by atoms with Gasteiger partial charge in [0.2, 0.25) is 5.91 Å². The molecule has 0 saturated carbocycles. The van der Waals surface area contributed by atoms with Gasteiger partial charge in [0.05, 0.1) is 5.02 Å². The molecule has 5 nitrogen and oxygen atoms in total. The average molecular weight is 379 g/mol. The van der Waals surface area contributed by atoms with Crippen LogP contribution in [0.25, 0.3) is 0 Å². The highest BCUT2D eigenvalue weighted by Gasteiger charge is 2.22. The minimum atomic E-state index is -0.330. The number of benzene rings is 2. The predicted molar refractivity (Wildman–Crippen MR) is 98.8 cm³/mol. The van der Waals surface area contributed by atoms with Crippen LogP contribution in [-0.2, 0) is 16.0 Å². The van der Waals surface area contributed by atoms with Gasteiger partial charge < -0.3 is 15.0 Å². The lowest BCUT2D eigenvalue weighted by molar-refractivity contribution is -0.118. The topological polar surface area (TPSA) is 58.6 Å². The predicted octanol–water partition coefficient (Wildman–Crippen LogP) is 3.92. The van der Waals surface area contributed by atoms with E-state index in [1.165, 1.54) is 6.92 Å². The number of nitrogens with one attached hydrogen (secondary N) is 1. The first kappa shape index (κ1) is 17.6. The Bertz CT molecular complexity index is 839. The Morgan fingerprint density at radius 3 is 2.76 bits per heavy atom. The molecule has 1 N–H and O–H groups in total. The van der Waals surface area contributed by atoms with Gasteiger partial charge in [-0.15, -0.1) is 0 Å². The van der Waals surface area contributed by atoms with Crippen molar-refractivity contribution in [3.63, 3.8) is 0 Å². The van der Waals surface area contributed by atoms with Crippen molar-refractivity contribution in [1.82, 2.24) is 0 Å². The SMILES string of the molecule is CC(=O)N1CCc2ccc(NC(=O)COc3cc(Cl)ccc3Cl)cc21. The zero-order valence-corrected chi connectivity index (χ0v) is 15.0. The van der Waals surface area contributed by atoms with E-state index in [0.717, 1.165) is 17.7 Å². The normalized spacial score (nSPS) is 12.7. The quantitative estimate of drug-likeness (QED) is 0.876. The first-order valence-electron chi connectivity index (χ1n) is 7.73. The number of fused-ring (bicyclic) bond motifs is 1. The molecule has 0 unspecified atom stereocenters. The molecule has 3 rings (SSSR count). The molecule has 1 aliphatic rings. The molecule has 1 heterocycles. The Kier molecular flexibility index (Phi) is 5.16. The molecule has 0 fully saturated rings. The van der Waals surface area contributed by atoms with Crippen LogP contribution in [0.2, 0.25) is 10.0 Å². The maximum atomic E-state index is 12.1. The fourth-order valence-electron chi connectivity index (χ4n) is 2.71. The van der Waals surface area contributed by atoms with Gasteiger partial charge in [0, 0.05) is 35.9 Å². The Labute approximate surface area is 155 Å².